The Balaban J connectivity index is 1.32. The molecule has 0 atom stereocenters. The smallest absolute Gasteiger partial charge is 0.164 e. The minimum atomic E-state index is -0.0630. The minimum absolute atomic E-state index is 0.0630. The molecule has 194 valence electrons. The number of para-hydroxylation sites is 2. The molecule has 0 N–H and O–H groups in total. The molecule has 4 nitrogen and oxygen atoms in total. The zero-order chi connectivity index (χ0) is 27.1. The van der Waals surface area contributed by atoms with Gasteiger partial charge in [-0.25, -0.2) is 15.0 Å². The molecular weight excluding hydrogens is 488 g/mol. The van der Waals surface area contributed by atoms with Crippen LogP contribution in [0.5, 0.6) is 0 Å². The van der Waals surface area contributed by atoms with Crippen molar-refractivity contribution in [1.82, 2.24) is 15.0 Å². The number of hydrogen-bond acceptors (Lipinski definition) is 4. The number of fused-ring (bicyclic) bond motifs is 2. The van der Waals surface area contributed by atoms with Gasteiger partial charge in [0.2, 0.25) is 0 Å². The van der Waals surface area contributed by atoms with Gasteiger partial charge in [-0.3, -0.25) is 0 Å². The van der Waals surface area contributed by atoms with Crippen LogP contribution in [0, 0.1) is 0 Å². The fourth-order valence-corrected chi connectivity index (χ4v) is 5.93. The monoisotopic (exact) mass is 518 g/mol. The number of hydrogen-bond donors (Lipinski definition) is 0. The highest BCUT2D eigenvalue weighted by Gasteiger charge is 2.37. The van der Waals surface area contributed by atoms with Crippen molar-refractivity contribution in [2.24, 2.45) is 0 Å². The third-order valence-electron chi connectivity index (χ3n) is 8.04. The Kier molecular flexibility index (Phi) is 5.89. The van der Waals surface area contributed by atoms with Crippen molar-refractivity contribution in [3.8, 4) is 22.8 Å². The van der Waals surface area contributed by atoms with E-state index in [0.717, 1.165) is 35.4 Å². The second-order valence-corrected chi connectivity index (χ2v) is 10.9. The summed E-state index contributed by atoms with van der Waals surface area (Å²) in [5.41, 5.74) is 9.52. The van der Waals surface area contributed by atoms with Gasteiger partial charge in [-0.15, -0.1) is 0 Å². The standard InChI is InChI=1S/C36H30N4/c1-36(2)29-17-9-11-19-31(29)40(32-20-12-10-18-30(32)36)28-23-21-27(22-24-28)35-38-33(25-13-5-3-6-14-25)37-34(39-35)26-15-7-4-8-16-26/h3-21,23H,22,24H2,1-2H3. The second kappa shape index (κ2) is 9.73. The second-order valence-electron chi connectivity index (χ2n) is 10.9. The fourth-order valence-electron chi connectivity index (χ4n) is 5.93. The summed E-state index contributed by atoms with van der Waals surface area (Å²) >= 11 is 0. The number of nitrogens with zero attached hydrogens (tertiary/aromatic N) is 4. The molecule has 2 heterocycles. The van der Waals surface area contributed by atoms with Crippen LogP contribution >= 0.6 is 0 Å². The average molecular weight is 519 g/mol. The lowest BCUT2D eigenvalue weighted by atomic mass is 9.73. The summed E-state index contributed by atoms with van der Waals surface area (Å²) in [5, 5.41) is 0. The third kappa shape index (κ3) is 4.13. The van der Waals surface area contributed by atoms with Gasteiger partial charge >= 0.3 is 0 Å². The molecule has 0 fully saturated rings. The van der Waals surface area contributed by atoms with Crippen molar-refractivity contribution < 1.29 is 0 Å². The number of allylic oxidation sites excluding steroid dienone is 4. The highest BCUT2D eigenvalue weighted by molar-refractivity contribution is 5.82. The van der Waals surface area contributed by atoms with Crippen molar-refractivity contribution in [1.29, 1.82) is 0 Å². The van der Waals surface area contributed by atoms with Crippen molar-refractivity contribution in [3.05, 3.63) is 144 Å². The number of benzene rings is 4. The summed E-state index contributed by atoms with van der Waals surface area (Å²) in [7, 11) is 0. The first-order valence-corrected chi connectivity index (χ1v) is 13.9. The van der Waals surface area contributed by atoms with Gasteiger partial charge in [0.1, 0.15) is 0 Å². The Morgan fingerprint density at radius 3 is 1.50 bits per heavy atom. The highest BCUT2D eigenvalue weighted by Crippen LogP contribution is 2.51. The minimum Gasteiger partial charge on any atom is -0.314 e. The maximum absolute atomic E-state index is 4.95. The molecule has 7 rings (SSSR count). The molecule has 0 bridgehead atoms. The maximum Gasteiger partial charge on any atom is 0.164 e. The Bertz CT molecular complexity index is 1660. The zero-order valence-corrected chi connectivity index (χ0v) is 22.8. The molecule has 0 saturated heterocycles. The van der Waals surface area contributed by atoms with Crippen LogP contribution in [-0.4, -0.2) is 15.0 Å². The predicted octanol–water partition coefficient (Wildman–Crippen LogP) is 8.74. The molecule has 5 aromatic rings. The number of anilines is 2. The molecule has 0 radical (unpaired) electrons. The Morgan fingerprint density at radius 2 is 1.00 bits per heavy atom. The Labute approximate surface area is 235 Å². The van der Waals surface area contributed by atoms with E-state index in [1.165, 1.54) is 28.2 Å². The van der Waals surface area contributed by atoms with Crippen molar-refractivity contribution in [2.45, 2.75) is 32.1 Å². The summed E-state index contributed by atoms with van der Waals surface area (Å²) in [6, 6.07) is 37.9. The summed E-state index contributed by atoms with van der Waals surface area (Å²) in [6.45, 7) is 4.65. The number of aromatic nitrogens is 3. The summed E-state index contributed by atoms with van der Waals surface area (Å²) in [5.74, 6) is 2.13. The molecule has 0 amide bonds. The van der Waals surface area contributed by atoms with E-state index in [1.807, 2.05) is 60.7 Å². The van der Waals surface area contributed by atoms with Gasteiger partial charge in [0, 0.05) is 33.6 Å². The molecule has 0 spiro atoms. The quantitative estimate of drug-likeness (QED) is 0.238. The van der Waals surface area contributed by atoms with E-state index in [9.17, 15) is 0 Å². The van der Waals surface area contributed by atoms with Crippen LogP contribution in [0.15, 0.2) is 127 Å². The first-order chi connectivity index (χ1) is 19.6. The van der Waals surface area contributed by atoms with Crippen LogP contribution in [0.4, 0.5) is 11.4 Å². The van der Waals surface area contributed by atoms with Crippen LogP contribution in [-0.2, 0) is 5.41 Å². The molecule has 0 unspecified atom stereocenters. The molecule has 2 aliphatic rings. The van der Waals surface area contributed by atoms with Crippen molar-refractivity contribution >= 4 is 16.9 Å². The topological polar surface area (TPSA) is 41.9 Å². The van der Waals surface area contributed by atoms with Gasteiger partial charge in [-0.2, -0.15) is 0 Å². The van der Waals surface area contributed by atoms with E-state index in [0.29, 0.717) is 11.6 Å². The van der Waals surface area contributed by atoms with Gasteiger partial charge in [0.05, 0.1) is 0 Å². The predicted molar refractivity (Wildman–Crippen MR) is 163 cm³/mol. The molecule has 1 aliphatic carbocycles. The van der Waals surface area contributed by atoms with Gasteiger partial charge in [-0.05, 0) is 47.8 Å². The van der Waals surface area contributed by atoms with Crippen molar-refractivity contribution in [2.75, 3.05) is 4.90 Å². The van der Waals surface area contributed by atoms with E-state index in [-0.39, 0.29) is 5.41 Å². The SMILES string of the molecule is CC1(C)c2ccccc2N(C2=CC=C(c3nc(-c4ccccc4)nc(-c4ccccc4)n3)CC2)c2ccccc21. The third-order valence-corrected chi connectivity index (χ3v) is 8.04. The Hall–Kier alpha value is -4.83. The fraction of sp³-hybridized carbons (Fsp3) is 0.139. The zero-order valence-electron chi connectivity index (χ0n) is 22.8. The highest BCUT2D eigenvalue weighted by atomic mass is 15.2. The maximum atomic E-state index is 4.95. The molecular formula is C36H30N4. The van der Waals surface area contributed by atoms with Crippen LogP contribution in [0.1, 0.15) is 43.6 Å². The van der Waals surface area contributed by atoms with Gasteiger partial charge in [0.15, 0.2) is 17.5 Å². The lowest BCUT2D eigenvalue weighted by Gasteiger charge is -2.43. The van der Waals surface area contributed by atoms with Crippen LogP contribution in [0.3, 0.4) is 0 Å². The molecule has 4 heteroatoms. The molecule has 0 saturated carbocycles. The molecule has 40 heavy (non-hydrogen) atoms. The first-order valence-electron chi connectivity index (χ1n) is 13.9. The molecule has 1 aromatic heterocycles. The summed E-state index contributed by atoms with van der Waals surface area (Å²) < 4.78 is 0. The Morgan fingerprint density at radius 1 is 0.525 bits per heavy atom. The largest absolute Gasteiger partial charge is 0.314 e. The van der Waals surface area contributed by atoms with Crippen LogP contribution < -0.4 is 4.90 Å². The molecule has 4 aromatic carbocycles. The van der Waals surface area contributed by atoms with Crippen LogP contribution in [0.25, 0.3) is 28.3 Å². The first kappa shape index (κ1) is 24.2. The van der Waals surface area contributed by atoms with E-state index in [1.54, 1.807) is 0 Å². The summed E-state index contributed by atoms with van der Waals surface area (Å²) in [6.07, 6.45) is 6.19. The number of rotatable bonds is 4. The van der Waals surface area contributed by atoms with Gasteiger partial charge in [0.25, 0.3) is 0 Å². The van der Waals surface area contributed by atoms with Gasteiger partial charge in [-0.1, -0.05) is 117 Å². The van der Waals surface area contributed by atoms with Crippen molar-refractivity contribution in [3.63, 3.8) is 0 Å². The van der Waals surface area contributed by atoms with E-state index in [2.05, 4.69) is 79.4 Å². The lowest BCUT2D eigenvalue weighted by Crippen LogP contribution is -2.32. The van der Waals surface area contributed by atoms with E-state index < -0.39 is 0 Å². The van der Waals surface area contributed by atoms with Crippen LogP contribution in [0.2, 0.25) is 0 Å². The normalized spacial score (nSPS) is 15.5. The molecule has 1 aliphatic heterocycles. The lowest BCUT2D eigenvalue weighted by molar-refractivity contribution is 0.628. The van der Waals surface area contributed by atoms with Gasteiger partial charge < -0.3 is 4.90 Å². The summed E-state index contributed by atoms with van der Waals surface area (Å²) in [4.78, 5) is 17.2. The van der Waals surface area contributed by atoms with E-state index >= 15 is 0 Å². The van der Waals surface area contributed by atoms with E-state index in [4.69, 9.17) is 15.0 Å². The average Bonchev–Trinajstić information content (AvgIpc) is 3.02.